The van der Waals surface area contributed by atoms with E-state index in [1.165, 1.54) is 19.2 Å². The van der Waals surface area contributed by atoms with Gasteiger partial charge in [0.2, 0.25) is 0 Å². The maximum absolute atomic E-state index is 11.9. The van der Waals surface area contributed by atoms with Gasteiger partial charge < -0.3 is 25.5 Å². The van der Waals surface area contributed by atoms with Gasteiger partial charge in [0, 0.05) is 16.8 Å². The van der Waals surface area contributed by atoms with Crippen molar-refractivity contribution in [1.82, 2.24) is 9.97 Å². The van der Waals surface area contributed by atoms with Crippen molar-refractivity contribution >= 4 is 44.7 Å². The predicted molar refractivity (Wildman–Crippen MR) is 98.4 cm³/mol. The second-order valence-electron chi connectivity index (χ2n) is 5.87. The first-order valence-corrected chi connectivity index (χ1v) is 7.84. The molecule has 28 heavy (non-hydrogen) atoms. The number of aromatic nitrogens is 2. The monoisotopic (exact) mass is 385 g/mol. The molecule has 0 saturated carbocycles. The van der Waals surface area contributed by atoms with Gasteiger partial charge in [-0.05, 0) is 6.07 Å². The molecular weight excluding hydrogens is 373 g/mol. The summed E-state index contributed by atoms with van der Waals surface area (Å²) < 4.78 is 5.12. The van der Waals surface area contributed by atoms with E-state index in [2.05, 4.69) is 9.97 Å². The smallest absolute Gasteiger partial charge is 0.663 e. The average Bonchev–Trinajstić information content (AvgIpc) is 2.65. The third-order valence-corrected chi connectivity index (χ3v) is 4.35. The Hall–Kier alpha value is -2.94. The number of ether oxygens (including phenoxy) is 1. The zero-order valence-corrected chi connectivity index (χ0v) is 17.0. The molecule has 4 aromatic rings. The van der Waals surface area contributed by atoms with Gasteiger partial charge in [-0.25, -0.2) is 14.8 Å². The van der Waals surface area contributed by atoms with Gasteiger partial charge in [0.15, 0.2) is 0 Å². The van der Waals surface area contributed by atoms with Gasteiger partial charge in [0.1, 0.15) is 22.6 Å². The van der Waals surface area contributed by atoms with E-state index >= 15 is 0 Å². The number of aromatic carboxylic acids is 1. The minimum absolute atomic E-state index is 0. The van der Waals surface area contributed by atoms with Crippen LogP contribution in [0.15, 0.2) is 36.4 Å². The Bertz CT molecular complexity index is 1290. The van der Waals surface area contributed by atoms with Crippen LogP contribution < -0.4 is 34.3 Å². The van der Waals surface area contributed by atoms with Crippen LogP contribution in [0.5, 0.6) is 11.5 Å². The second kappa shape index (κ2) is 7.23. The first-order valence-electron chi connectivity index (χ1n) is 7.84. The SMILES string of the molecule is COc1cc2nc3c(nc2cc1C(=O)O)c(C([NH-])=O)c(O)c1ccccc13.[Na+]. The maximum atomic E-state index is 11.9. The van der Waals surface area contributed by atoms with Crippen molar-refractivity contribution in [1.29, 1.82) is 0 Å². The Labute approximate surface area is 180 Å². The molecule has 3 aromatic carbocycles. The fraction of sp³-hybridized carbons (Fsp3) is 0.0526. The largest absolute Gasteiger partial charge is 1.00 e. The zero-order chi connectivity index (χ0) is 19.3. The number of carbonyl (C=O) groups excluding carboxylic acids is 1. The summed E-state index contributed by atoms with van der Waals surface area (Å²) in [4.78, 5) is 32.2. The summed E-state index contributed by atoms with van der Waals surface area (Å²) in [7, 11) is 1.35. The van der Waals surface area contributed by atoms with Gasteiger partial charge in [-0.3, -0.25) is 0 Å². The molecule has 0 aliphatic heterocycles. The molecule has 1 aromatic heterocycles. The summed E-state index contributed by atoms with van der Waals surface area (Å²) in [5, 5.41) is 20.8. The molecule has 0 spiro atoms. The van der Waals surface area contributed by atoms with Crippen molar-refractivity contribution in [3.8, 4) is 11.5 Å². The topological polar surface area (TPSA) is 133 Å². The van der Waals surface area contributed by atoms with Crippen molar-refractivity contribution in [3.63, 3.8) is 0 Å². The molecule has 0 aliphatic carbocycles. The summed E-state index contributed by atoms with van der Waals surface area (Å²) in [5.74, 6) is -2.53. The summed E-state index contributed by atoms with van der Waals surface area (Å²) in [6.45, 7) is 0. The maximum Gasteiger partial charge on any atom is 1.00 e. The van der Waals surface area contributed by atoms with Gasteiger partial charge in [0.05, 0.1) is 35.1 Å². The van der Waals surface area contributed by atoms with Crippen LogP contribution in [0.4, 0.5) is 0 Å². The number of amides is 1. The van der Waals surface area contributed by atoms with E-state index in [4.69, 9.17) is 10.5 Å². The first kappa shape index (κ1) is 19.8. The minimum atomic E-state index is -1.20. The molecule has 8 nitrogen and oxygen atoms in total. The van der Waals surface area contributed by atoms with Crippen molar-refractivity contribution in [2.75, 3.05) is 7.11 Å². The standard InChI is InChI=1S/C19H13N3O5.Na/c1-27-13-7-12-11(6-10(13)19(25)26)22-16-14(18(20)24)17(23)9-5-3-2-4-8(9)15(16)21-12;/h2-7H,1H3,(H4,20,22,23,24,25,26);/q;+1/p-1. The number of nitrogens with one attached hydrogen (secondary N) is 1. The van der Waals surface area contributed by atoms with Crippen LogP contribution in [0, 0.1) is 0 Å². The Morgan fingerprint density at radius 1 is 1.04 bits per heavy atom. The molecule has 0 fully saturated rings. The molecule has 4 rings (SSSR count). The molecule has 0 aliphatic rings. The summed E-state index contributed by atoms with van der Waals surface area (Å²) in [5.41, 5.74) is 8.08. The molecule has 3 N–H and O–H groups in total. The van der Waals surface area contributed by atoms with Crippen molar-refractivity contribution in [3.05, 3.63) is 53.3 Å². The van der Waals surface area contributed by atoms with Gasteiger partial charge in [0.25, 0.3) is 0 Å². The number of phenolic OH excluding ortho intramolecular Hbond substituents is 1. The molecule has 9 heteroatoms. The fourth-order valence-electron chi connectivity index (χ4n) is 3.14. The van der Waals surface area contributed by atoms with Crippen LogP contribution in [0.25, 0.3) is 38.6 Å². The minimum Gasteiger partial charge on any atom is -0.663 e. The van der Waals surface area contributed by atoms with Gasteiger partial charge >= 0.3 is 35.5 Å². The Morgan fingerprint density at radius 2 is 1.64 bits per heavy atom. The molecule has 0 bridgehead atoms. The third-order valence-electron chi connectivity index (χ3n) is 4.35. The Kier molecular flexibility index (Phi) is 5.12. The molecule has 0 saturated heterocycles. The number of hydrogen-bond acceptors (Lipinski definition) is 6. The van der Waals surface area contributed by atoms with E-state index in [9.17, 15) is 19.8 Å². The number of aromatic hydroxyl groups is 1. The number of rotatable bonds is 3. The van der Waals surface area contributed by atoms with Gasteiger partial charge in [-0.15, -0.1) is 0 Å². The molecular formula is C19H12N3NaO5. The number of carboxylic acid groups (broad SMARTS) is 1. The summed E-state index contributed by atoms with van der Waals surface area (Å²) >= 11 is 0. The number of nitrogens with zero attached hydrogens (tertiary/aromatic N) is 2. The molecule has 0 unspecified atom stereocenters. The zero-order valence-electron chi connectivity index (χ0n) is 15.0. The Balaban J connectivity index is 0.00000225. The van der Waals surface area contributed by atoms with Crippen molar-refractivity contribution in [2.24, 2.45) is 0 Å². The molecule has 134 valence electrons. The first-order chi connectivity index (χ1) is 12.9. The third kappa shape index (κ3) is 2.91. The van der Waals surface area contributed by atoms with Crippen LogP contribution >= 0.6 is 0 Å². The number of benzene rings is 3. The van der Waals surface area contributed by atoms with E-state index in [1.54, 1.807) is 24.3 Å². The van der Waals surface area contributed by atoms with Crippen molar-refractivity contribution in [2.45, 2.75) is 0 Å². The number of fused-ring (bicyclic) bond motifs is 4. The van der Waals surface area contributed by atoms with Crippen LogP contribution in [-0.2, 0) is 0 Å². The average molecular weight is 385 g/mol. The van der Waals surface area contributed by atoms with Crippen LogP contribution in [0.3, 0.4) is 0 Å². The Morgan fingerprint density at radius 3 is 2.25 bits per heavy atom. The quantitative estimate of drug-likeness (QED) is 0.299. The van der Waals surface area contributed by atoms with E-state index in [1.807, 2.05) is 0 Å². The van der Waals surface area contributed by atoms with Crippen LogP contribution in [-0.4, -0.2) is 39.2 Å². The number of carboxylic acids is 1. The van der Waals surface area contributed by atoms with Crippen LogP contribution in [0.2, 0.25) is 0 Å². The molecule has 1 amide bonds. The van der Waals surface area contributed by atoms with Crippen LogP contribution in [0.1, 0.15) is 20.7 Å². The molecule has 0 atom stereocenters. The number of methoxy groups -OCH3 is 1. The summed E-state index contributed by atoms with van der Waals surface area (Å²) in [6.07, 6.45) is 0. The van der Waals surface area contributed by atoms with E-state index in [-0.39, 0.29) is 63.2 Å². The number of carbonyl (C=O) groups is 2. The van der Waals surface area contributed by atoms with Gasteiger partial charge in [-0.1, -0.05) is 24.3 Å². The summed E-state index contributed by atoms with van der Waals surface area (Å²) in [6, 6.07) is 9.53. The second-order valence-corrected chi connectivity index (χ2v) is 5.87. The number of hydrogen-bond donors (Lipinski definition) is 2. The predicted octanol–water partition coefficient (Wildman–Crippen LogP) is 0.545. The normalized spacial score (nSPS) is 10.8. The molecule has 0 radical (unpaired) electrons. The number of phenols is 1. The van der Waals surface area contributed by atoms with E-state index in [0.29, 0.717) is 21.8 Å². The van der Waals surface area contributed by atoms with E-state index < -0.39 is 11.9 Å². The van der Waals surface area contributed by atoms with E-state index in [0.717, 1.165) is 0 Å². The molecule has 1 heterocycles. The fourth-order valence-corrected chi connectivity index (χ4v) is 3.14. The van der Waals surface area contributed by atoms with Crippen molar-refractivity contribution < 1.29 is 54.1 Å². The van der Waals surface area contributed by atoms with Gasteiger partial charge in [-0.2, -0.15) is 0 Å².